The molecule has 0 radical (unpaired) electrons. The van der Waals surface area contributed by atoms with Crippen LogP contribution in [0.5, 0.6) is 0 Å². The maximum Gasteiger partial charge on any atom is 0.321 e. The summed E-state index contributed by atoms with van der Waals surface area (Å²) in [5, 5.41) is 29.4. The lowest BCUT2D eigenvalue weighted by Gasteiger charge is -2.38. The molecule has 0 saturated carbocycles. The van der Waals surface area contributed by atoms with Gasteiger partial charge in [-0.25, -0.2) is 18.2 Å². The maximum absolute atomic E-state index is 14.3. The number of methoxy groups -OCH3 is 1. The van der Waals surface area contributed by atoms with Crippen LogP contribution in [0.2, 0.25) is 0 Å². The van der Waals surface area contributed by atoms with E-state index >= 15 is 0 Å². The number of hydrogen-bond donors (Lipinski definition) is 3. The standard InChI is InChI=1S/C36H50N6O7S2/c1-25(2)20-41(51(47,48)29-14-12-27(13-15-29)19-37-46)22-31(43)30(18-26-10-8-7-9-11-26)39-34(44)33(36(3,4)5)42-17-16-40(35(42)45)21-28-24-50-32(38-28)23-49-6/h7-15,19,24-25,30-31,33,43,46H,16-18,20-23H2,1-6H3,(H,39,44)/b37-19+/t30-,31+,33?/m0/s1. The van der Waals surface area contributed by atoms with Crippen molar-refractivity contribution in [3.05, 3.63) is 81.8 Å². The molecule has 278 valence electrons. The number of amides is 3. The first-order valence-electron chi connectivity index (χ1n) is 16.9. The van der Waals surface area contributed by atoms with Gasteiger partial charge in [0.25, 0.3) is 0 Å². The Morgan fingerprint density at radius 1 is 1.12 bits per heavy atom. The van der Waals surface area contributed by atoms with E-state index in [1.807, 2.05) is 70.3 Å². The second-order valence-corrected chi connectivity index (χ2v) is 17.1. The van der Waals surface area contributed by atoms with E-state index in [0.29, 0.717) is 31.8 Å². The number of benzene rings is 2. The number of carbonyl (C=O) groups excluding carboxylic acids is 2. The highest BCUT2D eigenvalue weighted by atomic mass is 32.2. The maximum atomic E-state index is 14.3. The van der Waals surface area contributed by atoms with Gasteiger partial charge in [-0.2, -0.15) is 4.31 Å². The molecule has 2 heterocycles. The van der Waals surface area contributed by atoms with Crippen LogP contribution < -0.4 is 5.32 Å². The zero-order chi connectivity index (χ0) is 37.3. The van der Waals surface area contributed by atoms with E-state index in [4.69, 9.17) is 9.94 Å². The predicted molar refractivity (Wildman–Crippen MR) is 196 cm³/mol. The molecule has 3 N–H and O–H groups in total. The van der Waals surface area contributed by atoms with Crippen LogP contribution in [0.3, 0.4) is 0 Å². The van der Waals surface area contributed by atoms with Gasteiger partial charge < -0.3 is 30.2 Å². The number of thiazole rings is 1. The van der Waals surface area contributed by atoms with Crippen LogP contribution in [0.25, 0.3) is 0 Å². The third-order valence-corrected chi connectivity index (χ3v) is 11.2. The van der Waals surface area contributed by atoms with Crippen molar-refractivity contribution in [2.75, 3.05) is 33.3 Å². The minimum atomic E-state index is -4.07. The van der Waals surface area contributed by atoms with E-state index in [0.717, 1.165) is 16.3 Å². The van der Waals surface area contributed by atoms with Crippen molar-refractivity contribution >= 4 is 39.5 Å². The Bertz CT molecular complexity index is 1730. The van der Waals surface area contributed by atoms with E-state index in [1.54, 1.807) is 16.9 Å². The molecule has 2 aromatic carbocycles. The van der Waals surface area contributed by atoms with Crippen molar-refractivity contribution in [1.82, 2.24) is 24.4 Å². The highest BCUT2D eigenvalue weighted by Crippen LogP contribution is 2.29. The molecule has 0 bridgehead atoms. The van der Waals surface area contributed by atoms with E-state index in [2.05, 4.69) is 15.5 Å². The SMILES string of the molecule is COCc1nc(CN2CCN(C(C(=O)N[C@@H](Cc3ccccc3)[C@H](O)CN(CC(C)C)S(=O)(=O)c3ccc(/C=N/O)cc3)C(C)(C)C)C2=O)cs1. The molecule has 1 aliphatic rings. The van der Waals surface area contributed by atoms with Crippen LogP contribution in [0.15, 0.2) is 70.0 Å². The fourth-order valence-corrected chi connectivity index (χ4v) is 8.54. The van der Waals surface area contributed by atoms with Crippen LogP contribution in [-0.4, -0.2) is 107 Å². The van der Waals surface area contributed by atoms with Crippen molar-refractivity contribution in [3.8, 4) is 0 Å². The Kier molecular flexibility index (Phi) is 13.7. The van der Waals surface area contributed by atoms with Crippen molar-refractivity contribution in [2.45, 2.75) is 77.3 Å². The molecule has 51 heavy (non-hydrogen) atoms. The van der Waals surface area contributed by atoms with E-state index < -0.39 is 39.5 Å². The van der Waals surface area contributed by atoms with Crippen molar-refractivity contribution < 1.29 is 33.1 Å². The molecule has 13 nitrogen and oxygen atoms in total. The second kappa shape index (κ2) is 17.6. The number of nitrogens with zero attached hydrogens (tertiary/aromatic N) is 5. The minimum absolute atomic E-state index is 0.0200. The van der Waals surface area contributed by atoms with Crippen LogP contribution in [0, 0.1) is 11.3 Å². The van der Waals surface area contributed by atoms with Crippen LogP contribution in [0.4, 0.5) is 4.79 Å². The lowest BCUT2D eigenvalue weighted by molar-refractivity contribution is -0.130. The number of carbonyl (C=O) groups is 2. The molecular formula is C36H50N6O7S2. The molecule has 3 atom stereocenters. The van der Waals surface area contributed by atoms with Gasteiger partial charge in [-0.05, 0) is 41.0 Å². The van der Waals surface area contributed by atoms with Gasteiger partial charge in [-0.3, -0.25) is 4.79 Å². The van der Waals surface area contributed by atoms with E-state index in [9.17, 15) is 23.1 Å². The summed E-state index contributed by atoms with van der Waals surface area (Å²) >= 11 is 1.46. The first-order chi connectivity index (χ1) is 24.1. The Labute approximate surface area is 305 Å². The summed E-state index contributed by atoms with van der Waals surface area (Å²) in [5.74, 6) is -0.506. The number of aromatic nitrogens is 1. The molecule has 0 aliphatic carbocycles. The third kappa shape index (κ3) is 10.6. The van der Waals surface area contributed by atoms with E-state index in [-0.39, 0.29) is 36.4 Å². The number of rotatable bonds is 17. The molecule has 1 unspecified atom stereocenters. The quantitative estimate of drug-likeness (QED) is 0.105. The molecule has 1 saturated heterocycles. The Hall–Kier alpha value is -3.89. The third-order valence-electron chi connectivity index (χ3n) is 8.50. The van der Waals surface area contributed by atoms with Crippen molar-refractivity contribution in [3.63, 3.8) is 0 Å². The summed E-state index contributed by atoms with van der Waals surface area (Å²) < 4.78 is 34.2. The molecule has 15 heteroatoms. The van der Waals surface area contributed by atoms with Crippen LogP contribution in [0.1, 0.15) is 56.4 Å². The fourth-order valence-electron chi connectivity index (χ4n) is 6.17. The van der Waals surface area contributed by atoms with Gasteiger partial charge in [-0.15, -0.1) is 11.3 Å². The van der Waals surface area contributed by atoms with Gasteiger partial charge in [0.2, 0.25) is 15.9 Å². The van der Waals surface area contributed by atoms with Crippen molar-refractivity contribution in [2.24, 2.45) is 16.5 Å². The number of nitrogens with one attached hydrogen (secondary N) is 1. The zero-order valence-electron chi connectivity index (χ0n) is 30.1. The Morgan fingerprint density at radius 3 is 2.41 bits per heavy atom. The lowest BCUT2D eigenvalue weighted by atomic mass is 9.84. The number of aliphatic hydroxyl groups is 1. The molecule has 4 rings (SSSR count). The van der Waals surface area contributed by atoms with Gasteiger partial charge in [0.05, 0.1) is 42.1 Å². The number of sulfonamides is 1. The number of aliphatic hydroxyl groups excluding tert-OH is 1. The number of oxime groups is 1. The van der Waals surface area contributed by atoms with E-state index in [1.165, 1.54) is 46.1 Å². The van der Waals surface area contributed by atoms with Gasteiger partial charge in [0.15, 0.2) is 0 Å². The number of hydrogen-bond acceptors (Lipinski definition) is 10. The molecule has 1 aliphatic heterocycles. The summed E-state index contributed by atoms with van der Waals surface area (Å²) in [6.45, 7) is 10.7. The topological polar surface area (TPSA) is 165 Å². The fraction of sp³-hybridized carbons (Fsp3) is 0.500. The van der Waals surface area contributed by atoms with Crippen molar-refractivity contribution in [1.29, 1.82) is 0 Å². The first-order valence-corrected chi connectivity index (χ1v) is 19.2. The average molecular weight is 743 g/mol. The monoisotopic (exact) mass is 742 g/mol. The van der Waals surface area contributed by atoms with Crippen LogP contribution in [-0.2, 0) is 39.1 Å². The zero-order valence-corrected chi connectivity index (χ0v) is 31.7. The molecule has 1 aromatic heterocycles. The summed E-state index contributed by atoms with van der Waals surface area (Å²) in [6.07, 6.45) is 0.116. The summed E-state index contributed by atoms with van der Waals surface area (Å²) in [4.78, 5) is 35.9. The molecule has 3 amide bonds. The van der Waals surface area contributed by atoms with Gasteiger partial charge in [0, 0.05) is 38.7 Å². The molecule has 0 spiro atoms. The Morgan fingerprint density at radius 2 is 1.80 bits per heavy atom. The minimum Gasteiger partial charge on any atom is -0.411 e. The summed E-state index contributed by atoms with van der Waals surface area (Å²) in [6, 6.07) is 13.2. The average Bonchev–Trinajstić information content (AvgIpc) is 3.66. The van der Waals surface area contributed by atoms with Gasteiger partial charge in [-0.1, -0.05) is 82.2 Å². The first kappa shape index (κ1) is 39.9. The number of ether oxygens (including phenoxy) is 1. The van der Waals surface area contributed by atoms with Gasteiger partial charge >= 0.3 is 6.03 Å². The van der Waals surface area contributed by atoms with Gasteiger partial charge in [0.1, 0.15) is 11.0 Å². The number of urea groups is 1. The highest BCUT2D eigenvalue weighted by Gasteiger charge is 2.44. The largest absolute Gasteiger partial charge is 0.411 e. The summed E-state index contributed by atoms with van der Waals surface area (Å²) in [5.41, 5.74) is 1.43. The second-order valence-electron chi connectivity index (χ2n) is 14.2. The van der Waals surface area contributed by atoms with Crippen LogP contribution >= 0.6 is 11.3 Å². The smallest absolute Gasteiger partial charge is 0.321 e. The predicted octanol–water partition coefficient (Wildman–Crippen LogP) is 4.19. The molecule has 3 aromatic rings. The lowest BCUT2D eigenvalue weighted by Crippen LogP contribution is -2.59. The Balaban J connectivity index is 1.58. The summed E-state index contributed by atoms with van der Waals surface area (Å²) in [7, 11) is -2.47. The molecular weight excluding hydrogens is 693 g/mol. The normalized spacial score (nSPS) is 16.0. The molecule has 1 fully saturated rings. The highest BCUT2D eigenvalue weighted by molar-refractivity contribution is 7.89.